The number of nitrogens with one attached hydrogen (secondary N) is 1. The Balaban J connectivity index is 1.89. The number of likely N-dealkylation sites (tertiary alicyclic amines) is 1. The van der Waals surface area contributed by atoms with Gasteiger partial charge in [0.25, 0.3) is 0 Å². The molecule has 1 fully saturated rings. The van der Waals surface area contributed by atoms with Crippen LogP contribution in [0, 0.1) is 0 Å². The summed E-state index contributed by atoms with van der Waals surface area (Å²) < 4.78 is 0. The van der Waals surface area contributed by atoms with Crippen molar-refractivity contribution in [3.63, 3.8) is 0 Å². The van der Waals surface area contributed by atoms with E-state index in [1.54, 1.807) is 12.4 Å². The van der Waals surface area contributed by atoms with Crippen LogP contribution in [0.4, 0.5) is 0 Å². The van der Waals surface area contributed by atoms with Crippen molar-refractivity contribution >= 4 is 11.6 Å². The normalized spacial score (nSPS) is 23.2. The summed E-state index contributed by atoms with van der Waals surface area (Å²) in [5.74, 6) is 0.0412. The smallest absolute Gasteiger partial charge is 0.229 e. The van der Waals surface area contributed by atoms with Gasteiger partial charge in [0.2, 0.25) is 5.91 Å². The molecule has 0 spiro atoms. The van der Waals surface area contributed by atoms with E-state index in [4.69, 9.17) is 0 Å². The molecule has 0 radical (unpaired) electrons. The Labute approximate surface area is 90.1 Å². The molecule has 0 aromatic carbocycles. The summed E-state index contributed by atoms with van der Waals surface area (Å²) in [6, 6.07) is 0. The van der Waals surface area contributed by atoms with E-state index in [0.717, 1.165) is 25.3 Å². The van der Waals surface area contributed by atoms with Gasteiger partial charge in [-0.15, -0.1) is 0 Å². The molecule has 2 aliphatic heterocycles. The lowest BCUT2D eigenvalue weighted by atomic mass is 10.1. The van der Waals surface area contributed by atoms with Crippen molar-refractivity contribution < 1.29 is 4.79 Å². The van der Waals surface area contributed by atoms with Gasteiger partial charge in [0.1, 0.15) is 0 Å². The van der Waals surface area contributed by atoms with Crippen molar-refractivity contribution in [2.24, 2.45) is 4.99 Å². The van der Waals surface area contributed by atoms with Crippen molar-refractivity contribution in [2.45, 2.75) is 25.7 Å². The number of hydrogen-bond acceptors (Lipinski definition) is 3. The molecule has 2 aliphatic rings. The molecule has 4 nitrogen and oxygen atoms in total. The van der Waals surface area contributed by atoms with Crippen LogP contribution in [0.3, 0.4) is 0 Å². The molecule has 2 heterocycles. The summed E-state index contributed by atoms with van der Waals surface area (Å²) in [6.07, 6.45) is 7.59. The Morgan fingerprint density at radius 3 is 2.93 bits per heavy atom. The van der Waals surface area contributed by atoms with E-state index in [1.807, 2.05) is 0 Å². The zero-order valence-electron chi connectivity index (χ0n) is 8.91. The molecule has 82 valence electrons. The maximum absolute atomic E-state index is 11.3. The summed E-state index contributed by atoms with van der Waals surface area (Å²) >= 11 is 0. The molecule has 0 aromatic rings. The van der Waals surface area contributed by atoms with E-state index in [9.17, 15) is 4.79 Å². The van der Waals surface area contributed by atoms with E-state index >= 15 is 0 Å². The summed E-state index contributed by atoms with van der Waals surface area (Å²) in [5.41, 5.74) is 0.975. The van der Waals surface area contributed by atoms with Gasteiger partial charge in [-0.1, -0.05) is 6.42 Å². The third-order valence-corrected chi connectivity index (χ3v) is 2.80. The lowest BCUT2D eigenvalue weighted by Gasteiger charge is -2.26. The highest BCUT2D eigenvalue weighted by molar-refractivity contribution is 6.03. The second-order valence-corrected chi connectivity index (χ2v) is 4.09. The van der Waals surface area contributed by atoms with Gasteiger partial charge in [0.15, 0.2) is 0 Å². The van der Waals surface area contributed by atoms with E-state index in [2.05, 4.69) is 15.2 Å². The van der Waals surface area contributed by atoms with Crippen LogP contribution in [0.15, 0.2) is 17.4 Å². The van der Waals surface area contributed by atoms with Crippen LogP contribution >= 0.6 is 0 Å². The number of amides is 1. The molecule has 4 heteroatoms. The summed E-state index contributed by atoms with van der Waals surface area (Å²) in [7, 11) is 0. The van der Waals surface area contributed by atoms with Crippen LogP contribution in [-0.2, 0) is 4.79 Å². The van der Waals surface area contributed by atoms with Crippen LogP contribution in [0.1, 0.15) is 25.7 Å². The van der Waals surface area contributed by atoms with Crippen LogP contribution in [0.25, 0.3) is 0 Å². The van der Waals surface area contributed by atoms with Crippen LogP contribution in [0.5, 0.6) is 0 Å². The van der Waals surface area contributed by atoms with Gasteiger partial charge < -0.3 is 5.32 Å². The number of nitrogens with zero attached hydrogens (tertiary/aromatic N) is 2. The first-order valence-electron chi connectivity index (χ1n) is 5.57. The molecule has 0 unspecified atom stereocenters. The molecule has 0 aromatic heterocycles. The molecule has 0 saturated carbocycles. The monoisotopic (exact) mass is 207 g/mol. The minimum Gasteiger partial charge on any atom is -0.331 e. The Morgan fingerprint density at radius 2 is 2.13 bits per heavy atom. The minimum absolute atomic E-state index is 0.0412. The molecule has 15 heavy (non-hydrogen) atoms. The first kappa shape index (κ1) is 10.4. The third kappa shape index (κ3) is 3.16. The number of rotatable bonds is 2. The Bertz CT molecular complexity index is 290. The molecule has 1 saturated heterocycles. The largest absolute Gasteiger partial charge is 0.331 e. The van der Waals surface area contributed by atoms with Crippen molar-refractivity contribution in [2.75, 3.05) is 19.6 Å². The fourth-order valence-electron chi connectivity index (χ4n) is 2.03. The van der Waals surface area contributed by atoms with Crippen LogP contribution < -0.4 is 5.32 Å². The average molecular weight is 207 g/mol. The summed E-state index contributed by atoms with van der Waals surface area (Å²) in [4.78, 5) is 17.9. The maximum Gasteiger partial charge on any atom is 0.229 e. The third-order valence-electron chi connectivity index (χ3n) is 2.80. The molecule has 0 aliphatic carbocycles. The van der Waals surface area contributed by atoms with E-state index in [1.165, 1.54) is 19.3 Å². The van der Waals surface area contributed by atoms with Gasteiger partial charge in [0, 0.05) is 24.7 Å². The van der Waals surface area contributed by atoms with Crippen molar-refractivity contribution in [1.82, 2.24) is 10.2 Å². The highest BCUT2D eigenvalue weighted by atomic mass is 16.1. The van der Waals surface area contributed by atoms with Gasteiger partial charge in [-0.25, -0.2) is 0 Å². The Morgan fingerprint density at radius 1 is 1.33 bits per heavy atom. The fraction of sp³-hybridized carbons (Fsp3) is 0.636. The van der Waals surface area contributed by atoms with E-state index in [-0.39, 0.29) is 5.91 Å². The van der Waals surface area contributed by atoms with Gasteiger partial charge >= 0.3 is 0 Å². The predicted molar refractivity (Wildman–Crippen MR) is 59.6 cm³/mol. The van der Waals surface area contributed by atoms with Gasteiger partial charge in [0.05, 0.1) is 6.42 Å². The Kier molecular flexibility index (Phi) is 3.50. The SMILES string of the molecule is O=C1CC(CN2CCCCC2)=NC=CN1. The molecule has 0 bridgehead atoms. The fourth-order valence-corrected chi connectivity index (χ4v) is 2.03. The zero-order chi connectivity index (χ0) is 10.5. The first-order valence-corrected chi connectivity index (χ1v) is 5.57. The van der Waals surface area contributed by atoms with Crippen molar-refractivity contribution in [3.8, 4) is 0 Å². The van der Waals surface area contributed by atoms with Gasteiger partial charge in [-0.3, -0.25) is 14.7 Å². The minimum atomic E-state index is 0.0412. The molecular weight excluding hydrogens is 190 g/mol. The van der Waals surface area contributed by atoms with Crippen molar-refractivity contribution in [3.05, 3.63) is 12.4 Å². The molecule has 1 N–H and O–H groups in total. The topological polar surface area (TPSA) is 44.7 Å². The highest BCUT2D eigenvalue weighted by Gasteiger charge is 2.15. The number of hydrogen-bond donors (Lipinski definition) is 1. The highest BCUT2D eigenvalue weighted by Crippen LogP contribution is 2.09. The maximum atomic E-state index is 11.3. The second-order valence-electron chi connectivity index (χ2n) is 4.09. The van der Waals surface area contributed by atoms with Crippen LogP contribution in [-0.4, -0.2) is 36.2 Å². The molecule has 0 atom stereocenters. The van der Waals surface area contributed by atoms with E-state index < -0.39 is 0 Å². The van der Waals surface area contributed by atoms with Crippen molar-refractivity contribution in [1.29, 1.82) is 0 Å². The van der Waals surface area contributed by atoms with E-state index in [0.29, 0.717) is 6.42 Å². The number of carbonyl (C=O) groups excluding carboxylic acids is 1. The Hall–Kier alpha value is -1.16. The lowest BCUT2D eigenvalue weighted by Crippen LogP contribution is -2.35. The lowest BCUT2D eigenvalue weighted by molar-refractivity contribution is -0.118. The predicted octanol–water partition coefficient (Wildman–Crippen LogP) is 0.904. The quantitative estimate of drug-likeness (QED) is 0.731. The summed E-state index contributed by atoms with van der Waals surface area (Å²) in [6.45, 7) is 3.13. The average Bonchev–Trinajstić information content (AvgIpc) is 2.44. The molecule has 1 amide bonds. The molecular formula is C11H17N3O. The van der Waals surface area contributed by atoms with Gasteiger partial charge in [-0.05, 0) is 25.9 Å². The first-order chi connectivity index (χ1) is 7.34. The standard InChI is InChI=1S/C11H17N3O/c15-11-8-10(12-4-5-13-11)9-14-6-2-1-3-7-14/h4-5H,1-3,6-9H2,(H,13,15). The van der Waals surface area contributed by atoms with Crippen LogP contribution in [0.2, 0.25) is 0 Å². The molecule has 2 rings (SSSR count). The zero-order valence-corrected chi connectivity index (χ0v) is 8.91. The number of aliphatic imine (C=N–C) groups is 1. The number of piperidine rings is 1. The van der Waals surface area contributed by atoms with Gasteiger partial charge in [-0.2, -0.15) is 0 Å². The number of carbonyl (C=O) groups is 1. The second kappa shape index (κ2) is 5.07. The summed E-state index contributed by atoms with van der Waals surface area (Å²) in [5, 5.41) is 2.66.